The molecule has 0 amide bonds. The Morgan fingerprint density at radius 3 is 2.37 bits per heavy atom. The van der Waals surface area contributed by atoms with Crippen LogP contribution >= 0.6 is 0 Å². The van der Waals surface area contributed by atoms with Gasteiger partial charge in [0.25, 0.3) is 5.69 Å². The molecule has 2 rings (SSSR count). The van der Waals surface area contributed by atoms with E-state index in [2.05, 4.69) is 0 Å². The number of aliphatic hydroxyl groups excluding tert-OH is 3. The van der Waals surface area contributed by atoms with E-state index in [-0.39, 0.29) is 11.4 Å². The maximum absolute atomic E-state index is 10.5. The Balaban J connectivity index is 2.03. The standard InChI is InChI=1S/C11H13NO7/c13-5-8-9(14)10(15)11(19-8)18-7-3-1-6(2-4-7)12(16)17/h1-4,8-11,13-15H,5H2/t8?,9?,10?,11-/m0/s1. The molecule has 8 heteroatoms. The van der Waals surface area contributed by atoms with E-state index in [0.717, 1.165) is 0 Å². The van der Waals surface area contributed by atoms with E-state index in [1.807, 2.05) is 0 Å². The largest absolute Gasteiger partial charge is 0.462 e. The Hall–Kier alpha value is -1.74. The van der Waals surface area contributed by atoms with Gasteiger partial charge < -0.3 is 24.8 Å². The number of aliphatic hydroxyl groups is 3. The molecule has 1 saturated heterocycles. The Kier molecular flexibility index (Phi) is 3.96. The van der Waals surface area contributed by atoms with Gasteiger partial charge in [-0.3, -0.25) is 10.1 Å². The summed E-state index contributed by atoms with van der Waals surface area (Å²) in [6, 6.07) is 5.20. The van der Waals surface area contributed by atoms with Gasteiger partial charge in [-0.05, 0) is 12.1 Å². The van der Waals surface area contributed by atoms with Crippen molar-refractivity contribution in [2.24, 2.45) is 0 Å². The highest BCUT2D eigenvalue weighted by Gasteiger charge is 2.43. The SMILES string of the molecule is O=[N+]([O-])c1ccc(O[C@H]2OC(CO)C(O)C2O)cc1. The Morgan fingerprint density at radius 1 is 1.26 bits per heavy atom. The average molecular weight is 271 g/mol. The van der Waals surface area contributed by atoms with Gasteiger partial charge in [-0.1, -0.05) is 0 Å². The molecule has 3 unspecified atom stereocenters. The molecule has 0 saturated carbocycles. The predicted octanol–water partition coefficient (Wildman–Crippen LogP) is -0.587. The van der Waals surface area contributed by atoms with Gasteiger partial charge in [0.2, 0.25) is 6.29 Å². The van der Waals surface area contributed by atoms with Crippen LogP contribution in [-0.4, -0.2) is 51.5 Å². The highest BCUT2D eigenvalue weighted by Crippen LogP contribution is 2.25. The first kappa shape index (κ1) is 13.7. The molecule has 0 radical (unpaired) electrons. The van der Waals surface area contributed by atoms with Crippen molar-refractivity contribution in [1.82, 2.24) is 0 Å². The molecule has 1 aliphatic rings. The Morgan fingerprint density at radius 2 is 1.89 bits per heavy atom. The van der Waals surface area contributed by atoms with Gasteiger partial charge in [0.1, 0.15) is 24.1 Å². The molecule has 1 fully saturated rings. The summed E-state index contributed by atoms with van der Waals surface area (Å²) in [7, 11) is 0. The molecular formula is C11H13NO7. The van der Waals surface area contributed by atoms with Crippen LogP contribution in [0.3, 0.4) is 0 Å². The second-order valence-corrected chi connectivity index (χ2v) is 4.08. The Bertz CT molecular complexity index is 449. The van der Waals surface area contributed by atoms with Crippen LogP contribution in [0.4, 0.5) is 5.69 Å². The maximum Gasteiger partial charge on any atom is 0.269 e. The molecule has 0 bridgehead atoms. The van der Waals surface area contributed by atoms with Gasteiger partial charge in [0.15, 0.2) is 0 Å². The van der Waals surface area contributed by atoms with Gasteiger partial charge in [-0.2, -0.15) is 0 Å². The zero-order valence-electron chi connectivity index (χ0n) is 9.75. The predicted molar refractivity (Wildman–Crippen MR) is 61.5 cm³/mol. The van der Waals surface area contributed by atoms with Crippen LogP contribution in [0.5, 0.6) is 5.75 Å². The van der Waals surface area contributed by atoms with Crippen LogP contribution in [0.15, 0.2) is 24.3 Å². The highest BCUT2D eigenvalue weighted by atomic mass is 16.7. The summed E-state index contributed by atoms with van der Waals surface area (Å²) in [5, 5.41) is 38.5. The molecule has 1 aliphatic heterocycles. The highest BCUT2D eigenvalue weighted by molar-refractivity contribution is 5.36. The summed E-state index contributed by atoms with van der Waals surface area (Å²) < 4.78 is 10.4. The fourth-order valence-corrected chi connectivity index (χ4v) is 1.74. The van der Waals surface area contributed by atoms with Gasteiger partial charge in [-0.15, -0.1) is 0 Å². The van der Waals surface area contributed by atoms with E-state index in [1.165, 1.54) is 24.3 Å². The fraction of sp³-hybridized carbons (Fsp3) is 0.455. The number of nitrogens with zero attached hydrogens (tertiary/aromatic N) is 1. The van der Waals surface area contributed by atoms with Crippen LogP contribution in [0.25, 0.3) is 0 Å². The lowest BCUT2D eigenvalue weighted by molar-refractivity contribution is -0.384. The van der Waals surface area contributed by atoms with Crippen LogP contribution < -0.4 is 4.74 Å². The quantitative estimate of drug-likeness (QED) is 0.494. The second-order valence-electron chi connectivity index (χ2n) is 4.08. The van der Waals surface area contributed by atoms with Gasteiger partial charge in [0.05, 0.1) is 11.5 Å². The van der Waals surface area contributed by atoms with Crippen LogP contribution in [-0.2, 0) is 4.74 Å². The van der Waals surface area contributed by atoms with E-state index < -0.39 is 36.1 Å². The molecule has 0 aromatic heterocycles. The molecule has 1 aromatic carbocycles. The number of benzene rings is 1. The summed E-state index contributed by atoms with van der Waals surface area (Å²) in [5.41, 5.74) is -0.0893. The van der Waals surface area contributed by atoms with Crippen molar-refractivity contribution in [3.63, 3.8) is 0 Å². The molecular weight excluding hydrogens is 258 g/mol. The monoisotopic (exact) mass is 271 g/mol. The molecule has 0 spiro atoms. The molecule has 104 valence electrons. The third-order valence-corrected chi connectivity index (χ3v) is 2.80. The normalized spacial score (nSPS) is 30.3. The van der Waals surface area contributed by atoms with Crippen molar-refractivity contribution < 1.29 is 29.7 Å². The van der Waals surface area contributed by atoms with Crippen molar-refractivity contribution in [3.8, 4) is 5.75 Å². The van der Waals surface area contributed by atoms with Crippen molar-refractivity contribution in [3.05, 3.63) is 34.4 Å². The zero-order valence-corrected chi connectivity index (χ0v) is 9.75. The maximum atomic E-state index is 10.5. The number of nitro groups is 1. The number of non-ortho nitro benzene ring substituents is 1. The number of hydrogen-bond donors (Lipinski definition) is 3. The summed E-state index contributed by atoms with van der Waals surface area (Å²) in [6.07, 6.45) is -4.59. The van der Waals surface area contributed by atoms with Crippen molar-refractivity contribution in [1.29, 1.82) is 0 Å². The molecule has 8 nitrogen and oxygen atoms in total. The minimum atomic E-state index is -1.30. The molecule has 4 atom stereocenters. The topological polar surface area (TPSA) is 122 Å². The lowest BCUT2D eigenvalue weighted by Crippen LogP contribution is -2.35. The Labute approximate surface area is 108 Å². The van der Waals surface area contributed by atoms with E-state index in [1.54, 1.807) is 0 Å². The number of nitro benzene ring substituents is 1. The van der Waals surface area contributed by atoms with E-state index in [0.29, 0.717) is 0 Å². The minimum absolute atomic E-state index is 0.0893. The fourth-order valence-electron chi connectivity index (χ4n) is 1.74. The molecule has 1 aromatic rings. The zero-order chi connectivity index (χ0) is 14.0. The minimum Gasteiger partial charge on any atom is -0.462 e. The van der Waals surface area contributed by atoms with Crippen molar-refractivity contribution in [2.45, 2.75) is 24.6 Å². The van der Waals surface area contributed by atoms with Gasteiger partial charge in [-0.25, -0.2) is 0 Å². The van der Waals surface area contributed by atoms with Crippen molar-refractivity contribution >= 4 is 5.69 Å². The first-order valence-corrected chi connectivity index (χ1v) is 5.56. The third kappa shape index (κ3) is 2.82. The third-order valence-electron chi connectivity index (χ3n) is 2.80. The smallest absolute Gasteiger partial charge is 0.269 e. The summed E-state index contributed by atoms with van der Waals surface area (Å²) in [5.74, 6) is 0.250. The molecule has 1 heterocycles. The van der Waals surface area contributed by atoms with Gasteiger partial charge in [0, 0.05) is 12.1 Å². The first-order chi connectivity index (χ1) is 9.02. The average Bonchev–Trinajstić information content (AvgIpc) is 2.67. The van der Waals surface area contributed by atoms with Gasteiger partial charge >= 0.3 is 0 Å². The summed E-state index contributed by atoms with van der Waals surface area (Å²) in [4.78, 5) is 9.93. The van der Waals surface area contributed by atoms with Crippen molar-refractivity contribution in [2.75, 3.05) is 6.61 Å². The number of hydrogen-bond acceptors (Lipinski definition) is 7. The van der Waals surface area contributed by atoms with E-state index in [9.17, 15) is 20.3 Å². The second kappa shape index (κ2) is 5.49. The summed E-state index contributed by atoms with van der Waals surface area (Å²) >= 11 is 0. The molecule has 19 heavy (non-hydrogen) atoms. The molecule has 0 aliphatic carbocycles. The summed E-state index contributed by atoms with van der Waals surface area (Å²) in [6.45, 7) is -0.446. The van der Waals surface area contributed by atoms with E-state index in [4.69, 9.17) is 14.6 Å². The lowest BCUT2D eigenvalue weighted by atomic mass is 10.1. The lowest BCUT2D eigenvalue weighted by Gasteiger charge is -2.16. The van der Waals surface area contributed by atoms with Crippen LogP contribution in [0.1, 0.15) is 0 Å². The van der Waals surface area contributed by atoms with E-state index >= 15 is 0 Å². The first-order valence-electron chi connectivity index (χ1n) is 5.56. The number of ether oxygens (including phenoxy) is 2. The van der Waals surface area contributed by atoms with Crippen LogP contribution in [0.2, 0.25) is 0 Å². The molecule has 3 N–H and O–H groups in total. The number of rotatable bonds is 4. The van der Waals surface area contributed by atoms with Crippen LogP contribution in [0, 0.1) is 10.1 Å².